The Bertz CT molecular complexity index is 676. The van der Waals surface area contributed by atoms with Crippen molar-refractivity contribution in [2.24, 2.45) is 5.92 Å². The summed E-state index contributed by atoms with van der Waals surface area (Å²) in [6.45, 7) is 0. The van der Waals surface area contributed by atoms with E-state index in [2.05, 4.69) is 15.4 Å². The van der Waals surface area contributed by atoms with Gasteiger partial charge in [-0.25, -0.2) is 8.42 Å². The summed E-state index contributed by atoms with van der Waals surface area (Å²) in [5.41, 5.74) is 1.04. The van der Waals surface area contributed by atoms with Crippen molar-refractivity contribution in [3.8, 4) is 0 Å². The molecule has 0 spiro atoms. The molecule has 126 valence electrons. The van der Waals surface area contributed by atoms with Gasteiger partial charge in [0.25, 0.3) is 0 Å². The molecule has 1 aromatic carbocycles. The van der Waals surface area contributed by atoms with Gasteiger partial charge in [0.05, 0.1) is 18.0 Å². The fourth-order valence-electron chi connectivity index (χ4n) is 3.63. The van der Waals surface area contributed by atoms with E-state index in [-0.39, 0.29) is 11.9 Å². The van der Waals surface area contributed by atoms with Gasteiger partial charge in [-0.2, -0.15) is 0 Å². The molecule has 1 amide bonds. The normalized spacial score (nSPS) is 27.3. The van der Waals surface area contributed by atoms with Gasteiger partial charge in [0.1, 0.15) is 0 Å². The van der Waals surface area contributed by atoms with Crippen LogP contribution in [0.1, 0.15) is 32.1 Å². The van der Waals surface area contributed by atoms with E-state index in [0.717, 1.165) is 19.1 Å². The lowest BCUT2D eigenvalue weighted by Gasteiger charge is -2.24. The summed E-state index contributed by atoms with van der Waals surface area (Å²) < 4.78 is 25.0. The Labute approximate surface area is 137 Å². The summed E-state index contributed by atoms with van der Waals surface area (Å²) in [4.78, 5) is 12.4. The van der Waals surface area contributed by atoms with Crippen LogP contribution < -0.4 is 15.4 Å². The first-order valence-corrected chi connectivity index (χ1v) is 9.94. The van der Waals surface area contributed by atoms with Crippen molar-refractivity contribution in [1.29, 1.82) is 0 Å². The highest BCUT2D eigenvalue weighted by molar-refractivity contribution is 7.92. The minimum absolute atomic E-state index is 0.0455. The lowest BCUT2D eigenvalue weighted by Crippen LogP contribution is -2.39. The van der Waals surface area contributed by atoms with Crippen LogP contribution in [0.4, 0.5) is 11.4 Å². The molecular formula is C16H23N3O3S. The second-order valence-electron chi connectivity index (χ2n) is 6.55. The summed E-state index contributed by atoms with van der Waals surface area (Å²) in [6.07, 6.45) is 6.84. The van der Waals surface area contributed by atoms with Gasteiger partial charge in [-0.3, -0.25) is 9.52 Å². The largest absolute Gasteiger partial charge is 0.325 e. The third-order valence-corrected chi connectivity index (χ3v) is 5.22. The van der Waals surface area contributed by atoms with E-state index in [1.165, 1.54) is 19.3 Å². The van der Waals surface area contributed by atoms with Gasteiger partial charge in [0.2, 0.25) is 15.9 Å². The number of carbonyl (C=O) groups is 1. The van der Waals surface area contributed by atoms with Crippen LogP contribution in [-0.2, 0) is 14.8 Å². The fourth-order valence-corrected chi connectivity index (χ4v) is 4.18. The molecule has 23 heavy (non-hydrogen) atoms. The molecule has 1 saturated carbocycles. The topological polar surface area (TPSA) is 87.3 Å². The number of sulfonamides is 1. The fraction of sp³-hybridized carbons (Fsp3) is 0.562. The Morgan fingerprint density at radius 3 is 2.70 bits per heavy atom. The monoisotopic (exact) mass is 337 g/mol. The van der Waals surface area contributed by atoms with E-state index in [9.17, 15) is 13.2 Å². The molecule has 3 rings (SSSR count). The molecule has 7 heteroatoms. The van der Waals surface area contributed by atoms with E-state index in [1.54, 1.807) is 24.3 Å². The van der Waals surface area contributed by atoms with Crippen molar-refractivity contribution in [2.45, 2.75) is 44.2 Å². The molecule has 0 bridgehead atoms. The zero-order chi connectivity index (χ0) is 16.4. The summed E-state index contributed by atoms with van der Waals surface area (Å²) in [6, 6.07) is 7.06. The van der Waals surface area contributed by atoms with Crippen molar-refractivity contribution < 1.29 is 13.2 Å². The van der Waals surface area contributed by atoms with Gasteiger partial charge >= 0.3 is 0 Å². The zero-order valence-electron chi connectivity index (χ0n) is 13.2. The van der Waals surface area contributed by atoms with Gasteiger partial charge < -0.3 is 10.6 Å². The predicted molar refractivity (Wildman–Crippen MR) is 90.8 cm³/mol. The van der Waals surface area contributed by atoms with E-state index in [4.69, 9.17) is 0 Å². The Hall–Kier alpha value is -1.60. The minimum Gasteiger partial charge on any atom is -0.325 e. The second kappa shape index (κ2) is 6.49. The van der Waals surface area contributed by atoms with Crippen LogP contribution in [0.5, 0.6) is 0 Å². The molecule has 0 radical (unpaired) electrons. The molecule has 2 fully saturated rings. The van der Waals surface area contributed by atoms with Gasteiger partial charge in [-0.1, -0.05) is 18.9 Å². The van der Waals surface area contributed by atoms with Crippen molar-refractivity contribution in [3.05, 3.63) is 24.3 Å². The van der Waals surface area contributed by atoms with Crippen LogP contribution in [0.2, 0.25) is 0 Å². The van der Waals surface area contributed by atoms with Crippen LogP contribution in [0.15, 0.2) is 24.3 Å². The zero-order valence-corrected chi connectivity index (χ0v) is 14.0. The van der Waals surface area contributed by atoms with Gasteiger partial charge in [-0.15, -0.1) is 0 Å². The number of nitrogens with one attached hydrogen (secondary N) is 3. The van der Waals surface area contributed by atoms with Gasteiger partial charge in [0.15, 0.2) is 0 Å². The average molecular weight is 337 g/mol. The molecule has 3 unspecified atom stereocenters. The number of anilines is 2. The van der Waals surface area contributed by atoms with Crippen LogP contribution in [0.3, 0.4) is 0 Å². The Balaban J connectivity index is 1.63. The predicted octanol–water partition coefficient (Wildman–Crippen LogP) is 1.92. The number of carbonyl (C=O) groups excluding carboxylic acids is 1. The number of rotatable bonds is 4. The van der Waals surface area contributed by atoms with E-state index in [1.807, 2.05) is 0 Å². The number of benzene rings is 1. The van der Waals surface area contributed by atoms with Crippen molar-refractivity contribution in [1.82, 2.24) is 5.32 Å². The van der Waals surface area contributed by atoms with Crippen LogP contribution >= 0.6 is 0 Å². The highest BCUT2D eigenvalue weighted by Crippen LogP contribution is 2.33. The SMILES string of the molecule is CS(=O)(=O)Nc1cccc(NC(=O)C2CC3CCCCC3N2)c1. The third-order valence-electron chi connectivity index (χ3n) is 4.61. The molecule has 2 aliphatic rings. The standard InChI is InChI=1S/C16H23N3O3S/c1-23(21,22)19-13-7-4-6-12(10-13)17-16(20)15-9-11-5-2-3-8-14(11)18-15/h4,6-7,10-11,14-15,18-19H,2-3,5,8-9H2,1H3,(H,17,20). The smallest absolute Gasteiger partial charge is 0.241 e. The van der Waals surface area contributed by atoms with Crippen LogP contribution in [0, 0.1) is 5.92 Å². The third kappa shape index (κ3) is 4.23. The molecule has 1 aromatic rings. The number of hydrogen-bond donors (Lipinski definition) is 3. The molecule has 6 nitrogen and oxygen atoms in total. The Morgan fingerprint density at radius 2 is 1.96 bits per heavy atom. The Kier molecular flexibility index (Phi) is 4.59. The molecule has 1 aliphatic heterocycles. The first-order valence-electron chi connectivity index (χ1n) is 8.05. The lowest BCUT2D eigenvalue weighted by atomic mass is 9.85. The molecule has 3 atom stereocenters. The van der Waals surface area contributed by atoms with Gasteiger partial charge in [-0.05, 0) is 43.4 Å². The summed E-state index contributed by atoms with van der Waals surface area (Å²) in [5, 5.41) is 6.33. The quantitative estimate of drug-likeness (QED) is 0.783. The molecule has 0 aromatic heterocycles. The van der Waals surface area contributed by atoms with E-state index >= 15 is 0 Å². The molecule has 1 heterocycles. The van der Waals surface area contributed by atoms with Crippen LogP contribution in [-0.4, -0.2) is 32.7 Å². The molecular weight excluding hydrogens is 314 g/mol. The number of fused-ring (bicyclic) bond motifs is 1. The Morgan fingerprint density at radius 1 is 1.22 bits per heavy atom. The molecule has 1 aliphatic carbocycles. The summed E-state index contributed by atoms with van der Waals surface area (Å²) in [7, 11) is -3.33. The van der Waals surface area contributed by atoms with Crippen molar-refractivity contribution in [2.75, 3.05) is 16.3 Å². The molecule has 1 saturated heterocycles. The highest BCUT2D eigenvalue weighted by atomic mass is 32.2. The maximum atomic E-state index is 12.4. The first-order chi connectivity index (χ1) is 10.9. The summed E-state index contributed by atoms with van der Waals surface area (Å²) in [5.74, 6) is 0.564. The maximum Gasteiger partial charge on any atom is 0.241 e. The lowest BCUT2D eigenvalue weighted by molar-refractivity contribution is -0.117. The number of hydrogen-bond acceptors (Lipinski definition) is 4. The van der Waals surface area contributed by atoms with Gasteiger partial charge in [0, 0.05) is 11.7 Å². The van der Waals surface area contributed by atoms with E-state index in [0.29, 0.717) is 23.3 Å². The van der Waals surface area contributed by atoms with Crippen LogP contribution in [0.25, 0.3) is 0 Å². The highest BCUT2D eigenvalue weighted by Gasteiger charge is 2.38. The molecule has 3 N–H and O–H groups in total. The minimum atomic E-state index is -3.33. The summed E-state index contributed by atoms with van der Waals surface area (Å²) >= 11 is 0. The number of amides is 1. The van der Waals surface area contributed by atoms with Crippen molar-refractivity contribution >= 4 is 27.3 Å². The van der Waals surface area contributed by atoms with E-state index < -0.39 is 10.0 Å². The second-order valence-corrected chi connectivity index (χ2v) is 8.30. The van der Waals surface area contributed by atoms with Crippen molar-refractivity contribution in [3.63, 3.8) is 0 Å². The maximum absolute atomic E-state index is 12.4. The first kappa shape index (κ1) is 16.3. The average Bonchev–Trinajstić information content (AvgIpc) is 2.90.